The molecule has 0 saturated carbocycles. The molecule has 0 radical (unpaired) electrons. The van der Waals surface area contributed by atoms with Crippen LogP contribution in [-0.4, -0.2) is 20.9 Å². The molecule has 0 amide bonds. The van der Waals surface area contributed by atoms with Crippen molar-refractivity contribution in [2.75, 3.05) is 11.8 Å². The van der Waals surface area contributed by atoms with E-state index in [1.807, 2.05) is 86.9 Å². The SMILES string of the molecule is [Au+].[Au+].[Au+].[Au+].[C-]#Cc1ccc2c3ccc(C#[C-])cc3n(C)c2c1.[C-]#Cc1ccc2c3ccc(C#[C-])cc3n(C)c2c1.c1ccc([PH+](C[PH+](c2ccccc2)c2ccccc2)c2ccccc2)cc1.c1ccc([PH+](C[PH+](c2ccccc2)c2ccccc2)c2ccccc2)cc1. The van der Waals surface area contributed by atoms with Gasteiger partial charge in [-0.15, -0.1) is 70.8 Å². The summed E-state index contributed by atoms with van der Waals surface area (Å²) >= 11 is 0. The minimum absolute atomic E-state index is 0. The molecule has 0 saturated heterocycles. The Kier molecular flexibility index (Phi) is 29.7. The van der Waals surface area contributed by atoms with Gasteiger partial charge < -0.3 is 34.8 Å². The number of nitrogens with zero attached hydrogens (tertiary/aromatic N) is 2. The van der Waals surface area contributed by atoms with Gasteiger partial charge in [-0.05, 0) is 97.1 Å². The van der Waals surface area contributed by atoms with E-state index in [1.165, 1.54) is 54.2 Å². The average Bonchev–Trinajstić information content (AvgIpc) is 1.61. The Labute approximate surface area is 622 Å². The third-order valence-corrected chi connectivity index (χ3v) is 30.2. The maximum Gasteiger partial charge on any atom is 1.00 e. The Morgan fingerprint density at radius 2 is 0.383 bits per heavy atom. The van der Waals surface area contributed by atoms with Crippen LogP contribution in [0.15, 0.2) is 315 Å². The van der Waals surface area contributed by atoms with Gasteiger partial charge in [0.1, 0.15) is 74.1 Å². The summed E-state index contributed by atoms with van der Waals surface area (Å²) in [6, 6.07) is 112. The molecule has 12 aromatic carbocycles. The number of aromatic nitrogens is 2. The Balaban J connectivity index is 0.000000178. The van der Waals surface area contributed by atoms with Crippen LogP contribution in [-0.2, 0) is 104 Å². The molecule has 472 valence electrons. The molecule has 0 spiro atoms. The molecule has 14 rings (SSSR count). The van der Waals surface area contributed by atoms with Gasteiger partial charge in [-0.3, -0.25) is 23.7 Å². The zero-order valence-corrected chi connectivity index (χ0v) is 64.2. The Bertz CT molecular complexity index is 4080. The number of hydrogen-bond donors (Lipinski definition) is 0. The molecular weight excluding hydrogens is 1950 g/mol. The Hall–Kier alpha value is -6.84. The first-order valence-electron chi connectivity index (χ1n) is 29.9. The maximum atomic E-state index is 7.19. The monoisotopic (exact) mass is 2010 g/mol. The van der Waals surface area contributed by atoms with E-state index >= 15 is 0 Å². The van der Waals surface area contributed by atoms with Crippen molar-refractivity contribution in [3.05, 3.63) is 363 Å². The van der Waals surface area contributed by atoms with E-state index in [9.17, 15) is 0 Å². The van der Waals surface area contributed by atoms with E-state index in [4.69, 9.17) is 25.7 Å². The molecule has 2 nitrogen and oxygen atoms in total. The Morgan fingerprint density at radius 3 is 0.521 bits per heavy atom. The van der Waals surface area contributed by atoms with Gasteiger partial charge in [0.05, 0.1) is 0 Å². The quantitative estimate of drug-likeness (QED) is 0.0499. The van der Waals surface area contributed by atoms with Crippen molar-refractivity contribution < 1.29 is 89.5 Å². The van der Waals surface area contributed by atoms with E-state index in [2.05, 4.69) is 275 Å². The van der Waals surface area contributed by atoms with Crippen LogP contribution in [0.5, 0.6) is 0 Å². The first-order chi connectivity index (χ1) is 44.3. The smallest absolute Gasteiger partial charge is 0.366 e. The topological polar surface area (TPSA) is 9.86 Å². The van der Waals surface area contributed by atoms with Gasteiger partial charge >= 0.3 is 89.5 Å². The summed E-state index contributed by atoms with van der Waals surface area (Å²) in [5.41, 5.74) is 7.38. The van der Waals surface area contributed by atoms with Crippen molar-refractivity contribution in [1.82, 2.24) is 9.13 Å². The number of benzene rings is 12. The fraction of sp³-hybridized carbons (Fsp3) is 0.0476. The second kappa shape index (κ2) is 37.5. The minimum atomic E-state index is -0.847. The normalized spacial score (nSPS) is 10.3. The standard InChI is InChI=1S/2C25H22P2.2C17H9N.4Au/c2*1-5-13-22(14-6-1)26(23-15-7-2-8-16-23)21-27(24-17-9-3-10-18-24)25-19-11-4-12-20-25;2*1-4-12-6-8-14-15-9-7-13(5-2)11-17(15)18(3)16(14)10-12;;;;/h2*1-20H,21H2;2*6-11H,3H3;;;;/q;;2*-2;4*+1/p+4. The number of fused-ring (bicyclic) bond motifs is 6. The van der Waals surface area contributed by atoms with Crippen LogP contribution in [0.3, 0.4) is 0 Å². The molecule has 0 bridgehead atoms. The van der Waals surface area contributed by atoms with Gasteiger partial charge in [-0.1, -0.05) is 170 Å². The van der Waals surface area contributed by atoms with Crippen LogP contribution in [0.1, 0.15) is 22.3 Å². The molecule has 2 heterocycles. The molecule has 0 aliphatic rings. The molecule has 14 aromatic rings. The van der Waals surface area contributed by atoms with Crippen molar-refractivity contribution in [1.29, 1.82) is 0 Å². The van der Waals surface area contributed by atoms with Crippen LogP contribution < -0.4 is 42.4 Å². The van der Waals surface area contributed by atoms with Gasteiger partial charge in [0.25, 0.3) is 0 Å². The summed E-state index contributed by atoms with van der Waals surface area (Å²) < 4.78 is 4.15. The van der Waals surface area contributed by atoms with Crippen molar-refractivity contribution in [2.45, 2.75) is 0 Å². The van der Waals surface area contributed by atoms with E-state index in [-0.39, 0.29) is 89.5 Å². The summed E-state index contributed by atoms with van der Waals surface area (Å²) in [6.45, 7) is 0. The molecule has 0 fully saturated rings. The van der Waals surface area contributed by atoms with Gasteiger partial charge in [0.15, 0.2) is 11.8 Å². The second-order valence-corrected chi connectivity index (χ2v) is 33.0. The average molecular weight is 2020 g/mol. The third kappa shape index (κ3) is 18.4. The molecule has 0 aliphatic carbocycles. The van der Waals surface area contributed by atoms with E-state index < -0.39 is 31.7 Å². The summed E-state index contributed by atoms with van der Waals surface area (Å²) in [5, 5.41) is 16.6. The summed E-state index contributed by atoms with van der Waals surface area (Å²) in [5.74, 6) is 12.1. The molecule has 10 heteroatoms. The summed E-state index contributed by atoms with van der Waals surface area (Å²) in [6.07, 6.45) is 28.8. The molecule has 0 unspecified atom stereocenters. The van der Waals surface area contributed by atoms with Crippen LogP contribution in [0.2, 0.25) is 0 Å². The fourth-order valence-electron chi connectivity index (χ4n) is 11.7. The number of rotatable bonds is 12. The van der Waals surface area contributed by atoms with Gasteiger partial charge in [0.2, 0.25) is 0 Å². The van der Waals surface area contributed by atoms with Crippen molar-refractivity contribution >= 4 is 118 Å². The van der Waals surface area contributed by atoms with E-state index in [0.29, 0.717) is 0 Å². The zero-order chi connectivity index (χ0) is 62.0. The predicted octanol–water partition coefficient (Wildman–Crippen LogP) is 15.8. The number of hydrogen-bond acceptors (Lipinski definition) is 0. The van der Waals surface area contributed by atoms with Gasteiger partial charge in [-0.2, -0.15) is 0 Å². The predicted molar refractivity (Wildman–Crippen MR) is 397 cm³/mol. The van der Waals surface area contributed by atoms with Crippen molar-refractivity contribution in [3.63, 3.8) is 0 Å². The summed E-state index contributed by atoms with van der Waals surface area (Å²) in [7, 11) is 0.595. The minimum Gasteiger partial charge on any atom is -0.366 e. The van der Waals surface area contributed by atoms with Crippen LogP contribution in [0.4, 0.5) is 0 Å². The fourth-order valence-corrected chi connectivity index (χ4v) is 27.1. The van der Waals surface area contributed by atoms with E-state index in [1.54, 1.807) is 0 Å². The summed E-state index contributed by atoms with van der Waals surface area (Å²) in [4.78, 5) is 0. The van der Waals surface area contributed by atoms with Gasteiger partial charge in [-0.25, -0.2) is 0 Å². The molecule has 0 atom stereocenters. The van der Waals surface area contributed by atoms with Crippen molar-refractivity contribution in [3.8, 4) is 23.7 Å². The Morgan fingerprint density at radius 1 is 0.234 bits per heavy atom. The van der Waals surface area contributed by atoms with Crippen LogP contribution in [0, 0.1) is 49.4 Å². The maximum absolute atomic E-state index is 7.19. The number of aryl methyl sites for hydroxylation is 2. The molecule has 2 aromatic heterocycles. The van der Waals surface area contributed by atoms with Crippen LogP contribution >= 0.6 is 31.7 Å². The zero-order valence-electron chi connectivity index (χ0n) is 51.5. The third-order valence-electron chi connectivity index (χ3n) is 16.3. The van der Waals surface area contributed by atoms with E-state index in [0.717, 1.165) is 65.9 Å². The first kappa shape index (κ1) is 74.6. The van der Waals surface area contributed by atoms with Gasteiger partial charge in [0, 0.05) is 57.7 Å². The molecule has 0 N–H and O–H groups in total. The molecule has 94 heavy (non-hydrogen) atoms. The molecule has 0 aliphatic heterocycles. The van der Waals surface area contributed by atoms with Crippen LogP contribution in [0.25, 0.3) is 43.6 Å². The second-order valence-electron chi connectivity index (χ2n) is 21.7. The van der Waals surface area contributed by atoms with Crippen molar-refractivity contribution in [2.24, 2.45) is 14.1 Å². The largest absolute Gasteiger partial charge is 1.00 e. The first-order valence-corrected chi connectivity index (χ1v) is 36.8. The molecular formula is C84H66Au4N2P4+4.